The van der Waals surface area contributed by atoms with Crippen LogP contribution in [0.25, 0.3) is 0 Å². The van der Waals surface area contributed by atoms with Gasteiger partial charge in [0.1, 0.15) is 0 Å². The van der Waals surface area contributed by atoms with Crippen LogP contribution in [-0.2, 0) is 14.3 Å². The molecule has 1 rings (SSSR count). The summed E-state index contributed by atoms with van der Waals surface area (Å²) in [5.74, 6) is -0.167. The number of thioether (sulfide) groups is 1. The molecule has 20 heavy (non-hydrogen) atoms. The Morgan fingerprint density at radius 2 is 1.90 bits per heavy atom. The Morgan fingerprint density at radius 1 is 1.35 bits per heavy atom. The average molecular weight is 330 g/mol. The standard InChI is InChI=1S/C12H17F3O3S2/c1-7(2)9-6-5-8(3)11(19-4)10(9)18-20(16,17)12(13,14)15/h8H,5-6H2,1-4H3. The highest BCUT2D eigenvalue weighted by Gasteiger charge is 2.49. The molecule has 0 bridgehead atoms. The molecule has 0 saturated heterocycles. The first-order valence-electron chi connectivity index (χ1n) is 5.97. The number of hydrogen-bond donors (Lipinski definition) is 0. The van der Waals surface area contributed by atoms with E-state index in [2.05, 4.69) is 4.18 Å². The van der Waals surface area contributed by atoms with Gasteiger partial charge < -0.3 is 4.18 Å². The van der Waals surface area contributed by atoms with Crippen molar-refractivity contribution in [2.24, 2.45) is 5.92 Å². The normalized spacial score (nSPS) is 21.1. The first-order chi connectivity index (χ1) is 9.01. The first-order valence-corrected chi connectivity index (χ1v) is 8.60. The lowest BCUT2D eigenvalue weighted by atomic mass is 9.90. The summed E-state index contributed by atoms with van der Waals surface area (Å²) in [4.78, 5) is 0.542. The summed E-state index contributed by atoms with van der Waals surface area (Å²) in [6.45, 7) is 5.30. The minimum absolute atomic E-state index is 0.0217. The number of rotatable bonds is 3. The lowest BCUT2D eigenvalue weighted by Crippen LogP contribution is -2.27. The monoisotopic (exact) mass is 330 g/mol. The molecular formula is C12H17F3O3S2. The minimum atomic E-state index is -5.64. The molecule has 0 aromatic heterocycles. The third kappa shape index (κ3) is 3.52. The van der Waals surface area contributed by atoms with Crippen molar-refractivity contribution >= 4 is 21.9 Å². The molecule has 0 spiro atoms. The Morgan fingerprint density at radius 3 is 2.30 bits per heavy atom. The molecule has 0 heterocycles. The topological polar surface area (TPSA) is 43.4 Å². The van der Waals surface area contributed by atoms with E-state index < -0.39 is 15.6 Å². The number of alkyl halides is 3. The second-order valence-corrected chi connectivity index (χ2v) is 7.18. The van der Waals surface area contributed by atoms with Gasteiger partial charge in [0, 0.05) is 4.91 Å². The Kier molecular flexibility index (Phi) is 5.23. The molecule has 3 nitrogen and oxygen atoms in total. The van der Waals surface area contributed by atoms with Crippen LogP contribution >= 0.6 is 11.8 Å². The van der Waals surface area contributed by atoms with Crippen LogP contribution in [0.15, 0.2) is 21.8 Å². The van der Waals surface area contributed by atoms with Crippen LogP contribution in [0, 0.1) is 5.92 Å². The van der Waals surface area contributed by atoms with Gasteiger partial charge in [0.05, 0.1) is 0 Å². The lowest BCUT2D eigenvalue weighted by Gasteiger charge is -2.27. The quantitative estimate of drug-likeness (QED) is 0.575. The van der Waals surface area contributed by atoms with Crippen LogP contribution in [0.5, 0.6) is 0 Å². The van der Waals surface area contributed by atoms with Gasteiger partial charge in [-0.05, 0) is 44.4 Å². The van der Waals surface area contributed by atoms with Crippen LogP contribution in [0.3, 0.4) is 0 Å². The van der Waals surface area contributed by atoms with E-state index in [1.165, 1.54) is 11.8 Å². The van der Waals surface area contributed by atoms with E-state index in [-0.39, 0.29) is 11.7 Å². The maximum Gasteiger partial charge on any atom is 0.534 e. The maximum absolute atomic E-state index is 12.5. The van der Waals surface area contributed by atoms with Crippen LogP contribution in [0.2, 0.25) is 0 Å². The maximum atomic E-state index is 12.5. The molecule has 0 amide bonds. The van der Waals surface area contributed by atoms with Crippen molar-refractivity contribution in [1.82, 2.24) is 0 Å². The zero-order chi connectivity index (χ0) is 15.7. The Hall–Kier alpha value is -0.630. The Labute approximate surface area is 121 Å². The summed E-state index contributed by atoms with van der Waals surface area (Å²) in [7, 11) is -5.64. The largest absolute Gasteiger partial charge is 0.534 e. The van der Waals surface area contributed by atoms with Gasteiger partial charge >= 0.3 is 15.6 Å². The Bertz CT molecular complexity index is 541. The highest BCUT2D eigenvalue weighted by atomic mass is 32.2. The zero-order valence-electron chi connectivity index (χ0n) is 11.7. The first kappa shape index (κ1) is 17.4. The average Bonchev–Trinajstić information content (AvgIpc) is 2.26. The summed E-state index contributed by atoms with van der Waals surface area (Å²) in [6, 6.07) is 0. The van der Waals surface area contributed by atoms with Crippen molar-refractivity contribution < 1.29 is 25.8 Å². The number of hydrogen-bond acceptors (Lipinski definition) is 4. The van der Waals surface area contributed by atoms with Gasteiger partial charge in [-0.1, -0.05) is 12.5 Å². The van der Waals surface area contributed by atoms with E-state index in [1.807, 2.05) is 6.92 Å². The second-order valence-electron chi connectivity index (χ2n) is 4.80. The minimum Gasteiger partial charge on any atom is -0.375 e. The molecule has 0 saturated carbocycles. The third-order valence-electron chi connectivity index (χ3n) is 3.07. The molecule has 1 aliphatic rings. The fourth-order valence-electron chi connectivity index (χ4n) is 2.00. The molecule has 0 aromatic rings. The molecule has 0 aromatic carbocycles. The van der Waals surface area contributed by atoms with Crippen molar-refractivity contribution in [2.75, 3.05) is 6.26 Å². The van der Waals surface area contributed by atoms with Gasteiger partial charge in [0.15, 0.2) is 5.76 Å². The molecule has 116 valence electrons. The van der Waals surface area contributed by atoms with Crippen molar-refractivity contribution in [3.05, 3.63) is 21.8 Å². The summed E-state index contributed by atoms with van der Waals surface area (Å²) in [5, 5.41) is 0. The predicted molar refractivity (Wildman–Crippen MR) is 73.4 cm³/mol. The van der Waals surface area contributed by atoms with Crippen LogP contribution in [-0.4, -0.2) is 20.2 Å². The smallest absolute Gasteiger partial charge is 0.375 e. The van der Waals surface area contributed by atoms with E-state index in [4.69, 9.17) is 0 Å². The van der Waals surface area contributed by atoms with Crippen molar-refractivity contribution in [3.8, 4) is 0 Å². The van der Waals surface area contributed by atoms with E-state index in [0.717, 1.165) is 12.0 Å². The van der Waals surface area contributed by atoms with Crippen LogP contribution < -0.4 is 0 Å². The second kappa shape index (κ2) is 6.01. The van der Waals surface area contributed by atoms with Crippen LogP contribution in [0.1, 0.15) is 33.6 Å². The fraction of sp³-hybridized carbons (Fsp3) is 0.667. The van der Waals surface area contributed by atoms with E-state index in [0.29, 0.717) is 16.9 Å². The summed E-state index contributed by atoms with van der Waals surface area (Å²) in [6.07, 6.45) is 2.97. The van der Waals surface area contributed by atoms with Gasteiger partial charge in [-0.2, -0.15) is 21.6 Å². The number of halogens is 3. The lowest BCUT2D eigenvalue weighted by molar-refractivity contribution is -0.0521. The molecule has 0 radical (unpaired) electrons. The zero-order valence-corrected chi connectivity index (χ0v) is 13.3. The fourth-order valence-corrected chi connectivity index (χ4v) is 3.42. The molecule has 0 N–H and O–H groups in total. The highest BCUT2D eigenvalue weighted by molar-refractivity contribution is 8.02. The molecule has 8 heteroatoms. The SMILES string of the molecule is CSC1=C(OS(=O)(=O)C(F)(F)F)C(=C(C)C)CCC1C. The van der Waals surface area contributed by atoms with Gasteiger partial charge in [0.2, 0.25) is 0 Å². The van der Waals surface area contributed by atoms with Gasteiger partial charge in [0.25, 0.3) is 0 Å². The van der Waals surface area contributed by atoms with Crippen molar-refractivity contribution in [2.45, 2.75) is 39.1 Å². The molecule has 0 aliphatic heterocycles. The van der Waals surface area contributed by atoms with Crippen LogP contribution in [0.4, 0.5) is 13.2 Å². The van der Waals surface area contributed by atoms with Gasteiger partial charge in [-0.3, -0.25) is 0 Å². The molecule has 1 aliphatic carbocycles. The summed E-state index contributed by atoms with van der Waals surface area (Å²) in [5.41, 5.74) is -4.12. The van der Waals surface area contributed by atoms with Gasteiger partial charge in [-0.25, -0.2) is 0 Å². The van der Waals surface area contributed by atoms with E-state index in [1.54, 1.807) is 20.1 Å². The summed E-state index contributed by atoms with van der Waals surface area (Å²) < 4.78 is 64.4. The Balaban J connectivity index is 3.38. The molecule has 1 unspecified atom stereocenters. The van der Waals surface area contributed by atoms with E-state index >= 15 is 0 Å². The van der Waals surface area contributed by atoms with Gasteiger partial charge in [-0.15, -0.1) is 11.8 Å². The molecular weight excluding hydrogens is 313 g/mol. The van der Waals surface area contributed by atoms with E-state index in [9.17, 15) is 21.6 Å². The number of allylic oxidation sites excluding steroid dienone is 3. The predicted octanol–water partition coefficient (Wildman–Crippen LogP) is 4.19. The third-order valence-corrected chi connectivity index (χ3v) is 5.05. The summed E-state index contributed by atoms with van der Waals surface area (Å²) >= 11 is 1.22. The molecule has 0 fully saturated rings. The van der Waals surface area contributed by atoms with Crippen molar-refractivity contribution in [1.29, 1.82) is 0 Å². The van der Waals surface area contributed by atoms with Crippen molar-refractivity contribution in [3.63, 3.8) is 0 Å². The highest BCUT2D eigenvalue weighted by Crippen LogP contribution is 2.42. The molecule has 1 atom stereocenters.